The molecule has 0 saturated carbocycles. The number of likely N-dealkylation sites (N-methyl/N-ethyl adjacent to an activating group) is 1. The number of nitrogens with zero attached hydrogens (tertiary/aromatic N) is 1. The lowest BCUT2D eigenvalue weighted by Gasteiger charge is -2.25. The van der Waals surface area contributed by atoms with Crippen LogP contribution >= 0.6 is 0 Å². The van der Waals surface area contributed by atoms with Gasteiger partial charge in [0.05, 0.1) is 12.1 Å². The molecule has 0 heterocycles. The number of anilines is 2. The van der Waals surface area contributed by atoms with Gasteiger partial charge in [0.1, 0.15) is 0 Å². The van der Waals surface area contributed by atoms with Crippen LogP contribution in [0.25, 0.3) is 0 Å². The molecule has 5 nitrogen and oxygen atoms in total. The zero-order valence-electron chi connectivity index (χ0n) is 12.0. The summed E-state index contributed by atoms with van der Waals surface area (Å²) < 4.78 is 0. The Balaban J connectivity index is 2.58. The highest BCUT2D eigenvalue weighted by molar-refractivity contribution is 5.93. The molecule has 1 aromatic rings. The van der Waals surface area contributed by atoms with E-state index in [2.05, 4.69) is 5.32 Å². The van der Waals surface area contributed by atoms with Gasteiger partial charge in [0.25, 0.3) is 0 Å². The van der Waals surface area contributed by atoms with E-state index in [1.807, 2.05) is 13.0 Å². The first kappa shape index (κ1) is 15.5. The number of carbonyl (C=O) groups is 1. The van der Waals surface area contributed by atoms with Gasteiger partial charge in [-0.05, 0) is 45.5 Å². The van der Waals surface area contributed by atoms with E-state index in [4.69, 9.17) is 5.73 Å². The van der Waals surface area contributed by atoms with Crippen molar-refractivity contribution in [2.45, 2.75) is 26.4 Å². The van der Waals surface area contributed by atoms with Crippen LogP contribution in [-0.2, 0) is 4.79 Å². The largest absolute Gasteiger partial charge is 0.398 e. The van der Waals surface area contributed by atoms with E-state index in [0.29, 0.717) is 12.2 Å². The van der Waals surface area contributed by atoms with E-state index in [1.165, 1.54) is 0 Å². The van der Waals surface area contributed by atoms with Gasteiger partial charge in [0, 0.05) is 17.9 Å². The van der Waals surface area contributed by atoms with Crippen molar-refractivity contribution >= 4 is 17.3 Å². The number of nitrogens with one attached hydrogen (secondary N) is 1. The predicted molar refractivity (Wildman–Crippen MR) is 78.0 cm³/mol. The number of amides is 1. The van der Waals surface area contributed by atoms with E-state index < -0.39 is 5.60 Å². The van der Waals surface area contributed by atoms with Gasteiger partial charge in [0.15, 0.2) is 0 Å². The van der Waals surface area contributed by atoms with Crippen molar-refractivity contribution in [3.05, 3.63) is 23.8 Å². The summed E-state index contributed by atoms with van der Waals surface area (Å²) in [4.78, 5) is 13.7. The SMILES string of the molecule is Cc1c(N)cccc1NC(=O)CN(C)CC(C)(C)O. The van der Waals surface area contributed by atoms with Gasteiger partial charge < -0.3 is 16.2 Å². The highest BCUT2D eigenvalue weighted by Gasteiger charge is 2.17. The highest BCUT2D eigenvalue weighted by atomic mass is 16.3. The number of rotatable bonds is 5. The Bertz CT molecular complexity index is 452. The first-order chi connectivity index (χ1) is 8.69. The van der Waals surface area contributed by atoms with Gasteiger partial charge in [-0.2, -0.15) is 0 Å². The molecule has 0 unspecified atom stereocenters. The second kappa shape index (κ2) is 6.04. The molecular formula is C14H23N3O2. The number of hydrogen-bond donors (Lipinski definition) is 3. The minimum atomic E-state index is -0.817. The van der Waals surface area contributed by atoms with Crippen LogP contribution in [0.1, 0.15) is 19.4 Å². The minimum Gasteiger partial charge on any atom is -0.398 e. The van der Waals surface area contributed by atoms with Crippen LogP contribution < -0.4 is 11.1 Å². The fraction of sp³-hybridized carbons (Fsp3) is 0.500. The molecular weight excluding hydrogens is 242 g/mol. The Kier molecular flexibility index (Phi) is 4.91. The number of hydrogen-bond acceptors (Lipinski definition) is 4. The molecule has 1 aromatic carbocycles. The van der Waals surface area contributed by atoms with Crippen molar-refractivity contribution in [3.8, 4) is 0 Å². The summed E-state index contributed by atoms with van der Waals surface area (Å²) in [6.07, 6.45) is 0. The molecule has 106 valence electrons. The highest BCUT2D eigenvalue weighted by Crippen LogP contribution is 2.20. The average molecular weight is 265 g/mol. The standard InChI is InChI=1S/C14H23N3O2/c1-10-11(15)6-5-7-12(10)16-13(18)8-17(4)9-14(2,3)19/h5-7,19H,8-9,15H2,1-4H3,(H,16,18). The summed E-state index contributed by atoms with van der Waals surface area (Å²) in [5.74, 6) is -0.125. The molecule has 1 rings (SSSR count). The lowest BCUT2D eigenvalue weighted by atomic mass is 10.1. The van der Waals surface area contributed by atoms with Crippen molar-refractivity contribution < 1.29 is 9.90 Å². The summed E-state index contributed by atoms with van der Waals surface area (Å²) in [6, 6.07) is 5.42. The second-order valence-corrected chi connectivity index (χ2v) is 5.55. The zero-order chi connectivity index (χ0) is 14.6. The van der Waals surface area contributed by atoms with Gasteiger partial charge >= 0.3 is 0 Å². The first-order valence-electron chi connectivity index (χ1n) is 6.25. The summed E-state index contributed by atoms with van der Waals surface area (Å²) in [7, 11) is 1.80. The predicted octanol–water partition coefficient (Wildman–Crippen LogP) is 1.22. The molecule has 5 heteroatoms. The smallest absolute Gasteiger partial charge is 0.238 e. The summed E-state index contributed by atoms with van der Waals surface area (Å²) in [6.45, 7) is 5.94. The van der Waals surface area contributed by atoms with E-state index in [0.717, 1.165) is 11.3 Å². The van der Waals surface area contributed by atoms with Crippen molar-refractivity contribution in [3.63, 3.8) is 0 Å². The maximum absolute atomic E-state index is 11.9. The topological polar surface area (TPSA) is 78.6 Å². The van der Waals surface area contributed by atoms with E-state index in [9.17, 15) is 9.90 Å². The average Bonchev–Trinajstić information content (AvgIpc) is 2.21. The van der Waals surface area contributed by atoms with Crippen molar-refractivity contribution in [2.24, 2.45) is 0 Å². The number of carbonyl (C=O) groups excluding carboxylic acids is 1. The third kappa shape index (κ3) is 5.28. The van der Waals surface area contributed by atoms with E-state index >= 15 is 0 Å². The minimum absolute atomic E-state index is 0.125. The number of nitrogens with two attached hydrogens (primary N) is 1. The van der Waals surface area contributed by atoms with Gasteiger partial charge in [0.2, 0.25) is 5.91 Å². The Morgan fingerprint density at radius 2 is 2.11 bits per heavy atom. The Labute approximate surface area is 114 Å². The van der Waals surface area contributed by atoms with Crippen LogP contribution in [0.5, 0.6) is 0 Å². The first-order valence-corrected chi connectivity index (χ1v) is 6.25. The summed E-state index contributed by atoms with van der Waals surface area (Å²) in [5, 5.41) is 12.5. The van der Waals surface area contributed by atoms with Gasteiger partial charge in [-0.25, -0.2) is 0 Å². The van der Waals surface area contributed by atoms with Crippen molar-refractivity contribution in [2.75, 3.05) is 31.2 Å². The molecule has 0 fully saturated rings. The molecule has 19 heavy (non-hydrogen) atoms. The molecule has 0 radical (unpaired) electrons. The molecule has 1 amide bonds. The van der Waals surface area contributed by atoms with Crippen LogP contribution in [0.2, 0.25) is 0 Å². The monoisotopic (exact) mass is 265 g/mol. The zero-order valence-corrected chi connectivity index (χ0v) is 12.0. The second-order valence-electron chi connectivity index (χ2n) is 5.55. The third-order valence-electron chi connectivity index (χ3n) is 2.72. The third-order valence-corrected chi connectivity index (χ3v) is 2.72. The summed E-state index contributed by atoms with van der Waals surface area (Å²) >= 11 is 0. The molecule has 0 aliphatic carbocycles. The molecule has 0 atom stereocenters. The molecule has 0 aromatic heterocycles. The van der Waals surface area contributed by atoms with Crippen LogP contribution in [-0.4, -0.2) is 41.7 Å². The molecule has 0 aliphatic heterocycles. The molecule has 0 saturated heterocycles. The fourth-order valence-corrected chi connectivity index (χ4v) is 1.94. The van der Waals surface area contributed by atoms with E-state index in [1.54, 1.807) is 37.9 Å². The lowest BCUT2D eigenvalue weighted by Crippen LogP contribution is -2.40. The fourth-order valence-electron chi connectivity index (χ4n) is 1.94. The Morgan fingerprint density at radius 3 is 2.68 bits per heavy atom. The molecule has 0 aliphatic rings. The quantitative estimate of drug-likeness (QED) is 0.699. The van der Waals surface area contributed by atoms with Gasteiger partial charge in [-0.3, -0.25) is 9.69 Å². The molecule has 4 N–H and O–H groups in total. The maximum Gasteiger partial charge on any atom is 0.238 e. The maximum atomic E-state index is 11.9. The Hall–Kier alpha value is -1.59. The van der Waals surface area contributed by atoms with Crippen LogP contribution in [0.3, 0.4) is 0 Å². The number of nitrogen functional groups attached to an aromatic ring is 1. The normalized spacial score (nSPS) is 11.7. The van der Waals surface area contributed by atoms with Crippen LogP contribution in [0.15, 0.2) is 18.2 Å². The summed E-state index contributed by atoms with van der Waals surface area (Å²) in [5.41, 5.74) is 7.21. The van der Waals surface area contributed by atoms with E-state index in [-0.39, 0.29) is 12.5 Å². The molecule has 0 spiro atoms. The van der Waals surface area contributed by atoms with Crippen LogP contribution in [0.4, 0.5) is 11.4 Å². The molecule has 0 bridgehead atoms. The van der Waals surface area contributed by atoms with Gasteiger partial charge in [-0.1, -0.05) is 6.07 Å². The van der Waals surface area contributed by atoms with Crippen molar-refractivity contribution in [1.29, 1.82) is 0 Å². The van der Waals surface area contributed by atoms with Crippen molar-refractivity contribution in [1.82, 2.24) is 4.90 Å². The van der Waals surface area contributed by atoms with Gasteiger partial charge in [-0.15, -0.1) is 0 Å². The number of benzene rings is 1. The number of aliphatic hydroxyl groups is 1. The lowest BCUT2D eigenvalue weighted by molar-refractivity contribution is -0.117. The Morgan fingerprint density at radius 1 is 1.47 bits per heavy atom. The van der Waals surface area contributed by atoms with Crippen LogP contribution in [0, 0.1) is 6.92 Å².